The molecule has 0 bridgehead atoms. The maximum absolute atomic E-state index is 13.3. The van der Waals surface area contributed by atoms with Crippen molar-refractivity contribution in [3.8, 4) is 17.1 Å². The molecule has 0 radical (unpaired) electrons. The molecular formula is C23H21FN8O2. The number of halogens is 1. The SMILES string of the molecule is Cn1nccc1Nc1nccc(-c2cc3n4c(nnc4c2)C(OC2=CC=C(F)CC2)CCO3)n1. The lowest BCUT2D eigenvalue weighted by molar-refractivity contribution is 0.0854. The van der Waals surface area contributed by atoms with Crippen LogP contribution in [0, 0.1) is 0 Å². The highest BCUT2D eigenvalue weighted by Gasteiger charge is 2.27. The molecule has 4 aromatic heterocycles. The smallest absolute Gasteiger partial charge is 0.228 e. The van der Waals surface area contributed by atoms with E-state index in [1.807, 2.05) is 35.7 Å². The van der Waals surface area contributed by atoms with Crippen LogP contribution >= 0.6 is 0 Å². The molecule has 1 atom stereocenters. The second-order valence-electron chi connectivity index (χ2n) is 8.05. The van der Waals surface area contributed by atoms with Gasteiger partial charge in [-0.15, -0.1) is 10.2 Å². The van der Waals surface area contributed by atoms with Crippen LogP contribution in [0.25, 0.3) is 16.9 Å². The third kappa shape index (κ3) is 3.74. The lowest BCUT2D eigenvalue weighted by Gasteiger charge is -2.19. The molecule has 1 aliphatic heterocycles. The molecule has 1 N–H and O–H groups in total. The molecule has 0 amide bonds. The van der Waals surface area contributed by atoms with E-state index in [0.29, 0.717) is 54.9 Å². The van der Waals surface area contributed by atoms with Gasteiger partial charge in [0.15, 0.2) is 17.6 Å². The highest BCUT2D eigenvalue weighted by molar-refractivity contribution is 5.67. The summed E-state index contributed by atoms with van der Waals surface area (Å²) in [4.78, 5) is 8.95. The Kier molecular flexibility index (Phi) is 4.93. The molecule has 1 unspecified atom stereocenters. The lowest BCUT2D eigenvalue weighted by atomic mass is 10.1. The number of nitrogens with one attached hydrogen (secondary N) is 1. The summed E-state index contributed by atoms with van der Waals surface area (Å²) in [5, 5.41) is 16.1. The molecule has 11 heteroatoms. The predicted octanol–water partition coefficient (Wildman–Crippen LogP) is 4.03. The number of nitrogens with zero attached hydrogens (tertiary/aromatic N) is 7. The Bertz CT molecular complexity index is 1440. The average Bonchev–Trinajstić information content (AvgIpc) is 3.41. The van der Waals surface area contributed by atoms with E-state index in [1.165, 1.54) is 6.08 Å². The Hall–Kier alpha value is -4.28. The number of hydrogen-bond acceptors (Lipinski definition) is 8. The van der Waals surface area contributed by atoms with Crippen molar-refractivity contribution >= 4 is 17.4 Å². The van der Waals surface area contributed by atoms with Crippen LogP contribution in [0.3, 0.4) is 0 Å². The van der Waals surface area contributed by atoms with E-state index in [-0.39, 0.29) is 11.9 Å². The first kappa shape index (κ1) is 20.3. The Labute approximate surface area is 193 Å². The van der Waals surface area contributed by atoms with E-state index in [2.05, 4.69) is 30.6 Å². The van der Waals surface area contributed by atoms with Crippen molar-refractivity contribution < 1.29 is 13.9 Å². The third-order valence-corrected chi connectivity index (χ3v) is 5.78. The minimum atomic E-state index is -0.336. The number of pyridine rings is 1. The molecule has 0 spiro atoms. The molecular weight excluding hydrogens is 439 g/mol. The molecule has 0 fully saturated rings. The summed E-state index contributed by atoms with van der Waals surface area (Å²) < 4.78 is 29.1. The summed E-state index contributed by atoms with van der Waals surface area (Å²) >= 11 is 0. The number of allylic oxidation sites excluding steroid dienone is 4. The molecule has 5 heterocycles. The normalized spacial score (nSPS) is 17.5. The zero-order valence-corrected chi connectivity index (χ0v) is 18.3. The highest BCUT2D eigenvalue weighted by Crippen LogP contribution is 2.34. The minimum Gasteiger partial charge on any atom is -0.487 e. The van der Waals surface area contributed by atoms with Gasteiger partial charge in [0.2, 0.25) is 11.8 Å². The maximum Gasteiger partial charge on any atom is 0.228 e. The quantitative estimate of drug-likeness (QED) is 0.476. The van der Waals surface area contributed by atoms with Gasteiger partial charge >= 0.3 is 0 Å². The van der Waals surface area contributed by atoms with Crippen LogP contribution in [0.5, 0.6) is 5.88 Å². The van der Waals surface area contributed by atoms with Gasteiger partial charge in [0.05, 0.1) is 24.3 Å². The van der Waals surface area contributed by atoms with Crippen molar-refractivity contribution in [2.24, 2.45) is 7.05 Å². The monoisotopic (exact) mass is 460 g/mol. The van der Waals surface area contributed by atoms with Crippen LogP contribution in [-0.4, -0.2) is 41.0 Å². The Morgan fingerprint density at radius 3 is 2.91 bits per heavy atom. The zero-order chi connectivity index (χ0) is 23.1. The van der Waals surface area contributed by atoms with E-state index >= 15 is 0 Å². The van der Waals surface area contributed by atoms with E-state index < -0.39 is 0 Å². The standard InChI is InChI=1S/C23H21FN8O2/c1-31-19(7-10-26-31)28-23-25-9-6-17(27-23)14-12-20-29-30-22-18(8-11-33-21(13-14)32(20)22)34-16-4-2-15(24)3-5-16/h2,4,6-7,9-10,12-13,18H,3,5,8,11H2,1H3,(H,25,27,28). The summed E-state index contributed by atoms with van der Waals surface area (Å²) in [7, 11) is 1.84. The summed E-state index contributed by atoms with van der Waals surface area (Å²) in [6, 6.07) is 7.49. The second kappa shape index (κ2) is 8.25. The topological polar surface area (TPSA) is 104 Å². The molecule has 2 aliphatic rings. The van der Waals surface area contributed by atoms with Gasteiger partial charge in [-0.2, -0.15) is 5.10 Å². The summed E-state index contributed by atoms with van der Waals surface area (Å²) in [5.41, 5.74) is 2.16. The maximum atomic E-state index is 13.3. The molecule has 0 saturated heterocycles. The van der Waals surface area contributed by atoms with E-state index in [4.69, 9.17) is 9.47 Å². The van der Waals surface area contributed by atoms with Crippen LogP contribution in [0.4, 0.5) is 16.2 Å². The van der Waals surface area contributed by atoms with Gasteiger partial charge in [0.25, 0.3) is 0 Å². The first-order valence-electron chi connectivity index (χ1n) is 11.0. The number of aryl methyl sites for hydroxylation is 1. The molecule has 1 aliphatic carbocycles. The van der Waals surface area contributed by atoms with E-state index in [1.54, 1.807) is 23.2 Å². The van der Waals surface area contributed by atoms with Crippen molar-refractivity contribution in [3.05, 3.63) is 66.2 Å². The predicted molar refractivity (Wildman–Crippen MR) is 121 cm³/mol. The fraction of sp³-hybridized carbons (Fsp3) is 0.261. The van der Waals surface area contributed by atoms with Crippen LogP contribution in [0.1, 0.15) is 31.2 Å². The Morgan fingerprint density at radius 2 is 2.09 bits per heavy atom. The van der Waals surface area contributed by atoms with Crippen LogP contribution < -0.4 is 10.1 Å². The first-order valence-corrected chi connectivity index (χ1v) is 11.0. The van der Waals surface area contributed by atoms with Crippen LogP contribution in [-0.2, 0) is 11.8 Å². The Balaban J connectivity index is 1.33. The van der Waals surface area contributed by atoms with Crippen molar-refractivity contribution in [2.75, 3.05) is 11.9 Å². The van der Waals surface area contributed by atoms with Gasteiger partial charge in [-0.25, -0.2) is 18.8 Å². The molecule has 0 saturated carbocycles. The third-order valence-electron chi connectivity index (χ3n) is 5.78. The van der Waals surface area contributed by atoms with Crippen molar-refractivity contribution in [2.45, 2.75) is 25.4 Å². The molecule has 0 aromatic carbocycles. The lowest BCUT2D eigenvalue weighted by Crippen LogP contribution is -2.10. The van der Waals surface area contributed by atoms with Crippen molar-refractivity contribution in [3.63, 3.8) is 0 Å². The molecule has 6 rings (SSSR count). The van der Waals surface area contributed by atoms with Crippen LogP contribution in [0.2, 0.25) is 0 Å². The minimum absolute atomic E-state index is 0.136. The van der Waals surface area contributed by atoms with Gasteiger partial charge in [0, 0.05) is 50.2 Å². The largest absolute Gasteiger partial charge is 0.487 e. The molecule has 4 aromatic rings. The fourth-order valence-electron chi connectivity index (χ4n) is 4.04. The Morgan fingerprint density at radius 1 is 1.15 bits per heavy atom. The summed E-state index contributed by atoms with van der Waals surface area (Å²) in [5.74, 6) is 3.10. The van der Waals surface area contributed by atoms with Crippen LogP contribution in [0.15, 0.2) is 60.4 Å². The number of aromatic nitrogens is 7. The first-order chi connectivity index (χ1) is 16.6. The zero-order valence-electron chi connectivity index (χ0n) is 18.3. The number of ether oxygens (including phenoxy) is 2. The highest BCUT2D eigenvalue weighted by atomic mass is 19.1. The van der Waals surface area contributed by atoms with E-state index in [9.17, 15) is 4.39 Å². The fourth-order valence-corrected chi connectivity index (χ4v) is 4.04. The number of anilines is 2. The molecule has 10 nitrogen and oxygen atoms in total. The number of hydrogen-bond donors (Lipinski definition) is 1. The van der Waals surface area contributed by atoms with Gasteiger partial charge in [-0.3, -0.25) is 4.68 Å². The van der Waals surface area contributed by atoms with Crippen molar-refractivity contribution in [1.29, 1.82) is 0 Å². The van der Waals surface area contributed by atoms with Gasteiger partial charge in [-0.05, 0) is 24.3 Å². The van der Waals surface area contributed by atoms with E-state index in [0.717, 1.165) is 17.1 Å². The summed E-state index contributed by atoms with van der Waals surface area (Å²) in [6.07, 6.45) is 7.65. The second-order valence-corrected chi connectivity index (χ2v) is 8.05. The molecule has 172 valence electrons. The van der Waals surface area contributed by atoms with Gasteiger partial charge < -0.3 is 14.8 Å². The summed E-state index contributed by atoms with van der Waals surface area (Å²) in [6.45, 7) is 0.446. The average molecular weight is 460 g/mol. The number of rotatable bonds is 5. The van der Waals surface area contributed by atoms with Gasteiger partial charge in [0.1, 0.15) is 11.6 Å². The van der Waals surface area contributed by atoms with Crippen molar-refractivity contribution in [1.82, 2.24) is 34.3 Å². The molecule has 34 heavy (non-hydrogen) atoms. The van der Waals surface area contributed by atoms with Gasteiger partial charge in [-0.1, -0.05) is 0 Å².